The van der Waals surface area contributed by atoms with Gasteiger partial charge in [0.15, 0.2) is 0 Å². The summed E-state index contributed by atoms with van der Waals surface area (Å²) in [6, 6.07) is 6.04. The zero-order valence-electron chi connectivity index (χ0n) is 10.6. The standard InChI is InChI=1S/C13H19N3OS/c1-2-14-10-11-13(18-9-5-8-17)15-12-6-3-4-7-16(11)12/h3-4,6-7,14,17H,2,5,8-10H2,1H3. The van der Waals surface area contributed by atoms with Crippen molar-refractivity contribution in [2.24, 2.45) is 0 Å². The molecule has 0 amide bonds. The molecule has 0 saturated carbocycles. The Morgan fingerprint density at radius 2 is 2.33 bits per heavy atom. The van der Waals surface area contributed by atoms with Crippen LogP contribution in [0.4, 0.5) is 0 Å². The molecule has 0 aromatic carbocycles. The molecule has 98 valence electrons. The second kappa shape index (κ2) is 6.78. The molecule has 2 aromatic rings. The average Bonchev–Trinajstić information content (AvgIpc) is 2.74. The lowest BCUT2D eigenvalue weighted by Gasteiger charge is -2.05. The minimum absolute atomic E-state index is 0.239. The molecule has 0 fully saturated rings. The molecule has 0 radical (unpaired) electrons. The van der Waals surface area contributed by atoms with Gasteiger partial charge in [-0.15, -0.1) is 11.8 Å². The van der Waals surface area contributed by atoms with Gasteiger partial charge in [-0.2, -0.15) is 0 Å². The quantitative estimate of drug-likeness (QED) is 0.593. The van der Waals surface area contributed by atoms with E-state index in [4.69, 9.17) is 5.11 Å². The lowest BCUT2D eigenvalue weighted by molar-refractivity contribution is 0.296. The number of nitrogens with zero attached hydrogens (tertiary/aromatic N) is 2. The van der Waals surface area contributed by atoms with Crippen LogP contribution in [-0.2, 0) is 6.54 Å². The van der Waals surface area contributed by atoms with Crippen LogP contribution in [0.1, 0.15) is 19.0 Å². The van der Waals surface area contributed by atoms with E-state index >= 15 is 0 Å². The minimum Gasteiger partial charge on any atom is -0.396 e. The first-order chi connectivity index (χ1) is 8.86. The molecule has 0 aliphatic rings. The van der Waals surface area contributed by atoms with Crippen LogP contribution in [0.2, 0.25) is 0 Å². The average molecular weight is 265 g/mol. The fourth-order valence-electron chi connectivity index (χ4n) is 1.78. The van der Waals surface area contributed by atoms with Gasteiger partial charge in [0.05, 0.1) is 5.69 Å². The van der Waals surface area contributed by atoms with E-state index < -0.39 is 0 Å². The highest BCUT2D eigenvalue weighted by Gasteiger charge is 2.11. The molecule has 0 saturated heterocycles. The third kappa shape index (κ3) is 3.04. The van der Waals surface area contributed by atoms with Gasteiger partial charge in [-0.3, -0.25) is 0 Å². The number of rotatable bonds is 7. The lowest BCUT2D eigenvalue weighted by Crippen LogP contribution is -2.14. The number of nitrogens with one attached hydrogen (secondary N) is 1. The second-order valence-electron chi connectivity index (χ2n) is 4.00. The zero-order valence-corrected chi connectivity index (χ0v) is 11.4. The SMILES string of the molecule is CCNCc1c(SCCCO)nc2ccccn12. The van der Waals surface area contributed by atoms with E-state index in [1.807, 2.05) is 24.4 Å². The Bertz CT molecular complexity index is 498. The number of aliphatic hydroxyl groups is 1. The number of hydrogen-bond acceptors (Lipinski definition) is 4. The Balaban J connectivity index is 2.25. The molecular formula is C13H19N3OS. The largest absolute Gasteiger partial charge is 0.396 e. The maximum Gasteiger partial charge on any atom is 0.138 e. The van der Waals surface area contributed by atoms with Gasteiger partial charge in [0.25, 0.3) is 0 Å². The maximum absolute atomic E-state index is 8.84. The van der Waals surface area contributed by atoms with Crippen LogP contribution in [0.3, 0.4) is 0 Å². The van der Waals surface area contributed by atoms with Crippen LogP contribution in [-0.4, -0.2) is 33.4 Å². The van der Waals surface area contributed by atoms with Crippen molar-refractivity contribution in [1.29, 1.82) is 0 Å². The molecule has 5 heteroatoms. The van der Waals surface area contributed by atoms with Gasteiger partial charge in [0.2, 0.25) is 0 Å². The van der Waals surface area contributed by atoms with Crippen molar-refractivity contribution in [1.82, 2.24) is 14.7 Å². The molecule has 2 rings (SSSR count). The van der Waals surface area contributed by atoms with Gasteiger partial charge < -0.3 is 14.8 Å². The highest BCUT2D eigenvalue weighted by molar-refractivity contribution is 7.99. The summed E-state index contributed by atoms with van der Waals surface area (Å²) in [4.78, 5) is 4.64. The van der Waals surface area contributed by atoms with E-state index in [0.717, 1.165) is 35.9 Å². The predicted molar refractivity (Wildman–Crippen MR) is 75.0 cm³/mol. The smallest absolute Gasteiger partial charge is 0.138 e. The van der Waals surface area contributed by atoms with Crippen molar-refractivity contribution in [2.75, 3.05) is 18.9 Å². The monoisotopic (exact) mass is 265 g/mol. The molecule has 0 aliphatic carbocycles. The summed E-state index contributed by atoms with van der Waals surface area (Å²) in [6.07, 6.45) is 2.85. The fourth-order valence-corrected chi connectivity index (χ4v) is 2.74. The molecule has 0 spiro atoms. The Kier molecular flexibility index (Phi) is 5.04. The molecule has 2 heterocycles. The van der Waals surface area contributed by atoms with E-state index in [1.54, 1.807) is 11.8 Å². The van der Waals surface area contributed by atoms with Gasteiger partial charge >= 0.3 is 0 Å². The summed E-state index contributed by atoms with van der Waals surface area (Å²) >= 11 is 1.72. The number of aromatic nitrogens is 2. The molecular weight excluding hydrogens is 246 g/mol. The van der Waals surface area contributed by atoms with Gasteiger partial charge in [-0.25, -0.2) is 4.98 Å². The molecule has 0 unspecified atom stereocenters. The number of fused-ring (bicyclic) bond motifs is 1. The number of thioether (sulfide) groups is 1. The van der Waals surface area contributed by atoms with E-state index in [-0.39, 0.29) is 6.61 Å². The van der Waals surface area contributed by atoms with Gasteiger partial charge in [0.1, 0.15) is 10.7 Å². The second-order valence-corrected chi connectivity index (χ2v) is 5.08. The van der Waals surface area contributed by atoms with E-state index in [0.29, 0.717) is 0 Å². The highest BCUT2D eigenvalue weighted by atomic mass is 32.2. The van der Waals surface area contributed by atoms with Crippen LogP contribution in [0, 0.1) is 0 Å². The summed E-state index contributed by atoms with van der Waals surface area (Å²) in [5.74, 6) is 0.902. The first kappa shape index (κ1) is 13.4. The van der Waals surface area contributed by atoms with Gasteiger partial charge in [-0.1, -0.05) is 13.0 Å². The van der Waals surface area contributed by atoms with Gasteiger partial charge in [0, 0.05) is 25.1 Å². The number of pyridine rings is 1. The van der Waals surface area contributed by atoms with Crippen LogP contribution in [0.25, 0.3) is 5.65 Å². The predicted octanol–water partition coefficient (Wildman–Crippen LogP) is 1.92. The summed E-state index contributed by atoms with van der Waals surface area (Å²) in [5, 5.41) is 13.3. The van der Waals surface area contributed by atoms with Crippen molar-refractivity contribution in [3.05, 3.63) is 30.1 Å². The topological polar surface area (TPSA) is 49.6 Å². The van der Waals surface area contributed by atoms with Crippen molar-refractivity contribution >= 4 is 17.4 Å². The lowest BCUT2D eigenvalue weighted by atomic mass is 10.4. The van der Waals surface area contributed by atoms with Crippen LogP contribution >= 0.6 is 11.8 Å². The van der Waals surface area contributed by atoms with E-state index in [2.05, 4.69) is 21.6 Å². The normalized spacial score (nSPS) is 11.2. The third-order valence-corrected chi connectivity index (χ3v) is 3.77. The Morgan fingerprint density at radius 1 is 1.44 bits per heavy atom. The van der Waals surface area contributed by atoms with Crippen molar-refractivity contribution < 1.29 is 5.11 Å². The first-order valence-electron chi connectivity index (χ1n) is 6.27. The Morgan fingerprint density at radius 3 is 3.11 bits per heavy atom. The first-order valence-corrected chi connectivity index (χ1v) is 7.25. The highest BCUT2D eigenvalue weighted by Crippen LogP contribution is 2.24. The minimum atomic E-state index is 0.239. The zero-order chi connectivity index (χ0) is 12.8. The van der Waals surface area contributed by atoms with Crippen LogP contribution in [0.15, 0.2) is 29.4 Å². The maximum atomic E-state index is 8.84. The molecule has 2 N–H and O–H groups in total. The summed E-state index contributed by atoms with van der Waals surface area (Å²) < 4.78 is 2.13. The summed E-state index contributed by atoms with van der Waals surface area (Å²) in [6.45, 7) is 4.11. The summed E-state index contributed by atoms with van der Waals surface area (Å²) in [5.41, 5.74) is 2.19. The Labute approximate surface area is 111 Å². The van der Waals surface area contributed by atoms with Crippen molar-refractivity contribution in [2.45, 2.75) is 24.9 Å². The number of hydrogen-bond donors (Lipinski definition) is 2. The fraction of sp³-hybridized carbons (Fsp3) is 0.462. The Hall–Kier alpha value is -1.04. The van der Waals surface area contributed by atoms with Crippen molar-refractivity contribution in [3.63, 3.8) is 0 Å². The molecule has 0 bridgehead atoms. The third-order valence-electron chi connectivity index (χ3n) is 2.68. The molecule has 4 nitrogen and oxygen atoms in total. The van der Waals surface area contributed by atoms with Crippen LogP contribution < -0.4 is 5.32 Å². The van der Waals surface area contributed by atoms with Gasteiger partial charge in [-0.05, 0) is 25.1 Å². The molecule has 18 heavy (non-hydrogen) atoms. The van der Waals surface area contributed by atoms with E-state index in [9.17, 15) is 0 Å². The molecule has 0 aliphatic heterocycles. The molecule has 0 atom stereocenters. The summed E-state index contributed by atoms with van der Waals surface area (Å²) in [7, 11) is 0. The van der Waals surface area contributed by atoms with Crippen LogP contribution in [0.5, 0.6) is 0 Å². The van der Waals surface area contributed by atoms with Crippen molar-refractivity contribution in [3.8, 4) is 0 Å². The van der Waals surface area contributed by atoms with E-state index in [1.165, 1.54) is 5.69 Å². The number of imidazole rings is 1. The molecule has 2 aromatic heterocycles. The number of aliphatic hydroxyl groups excluding tert-OH is 1.